The predicted octanol–water partition coefficient (Wildman–Crippen LogP) is 4.43. The van der Waals surface area contributed by atoms with Crippen LogP contribution in [0, 0.1) is 20.8 Å². The highest BCUT2D eigenvalue weighted by molar-refractivity contribution is 6.09. The molecule has 2 heterocycles. The summed E-state index contributed by atoms with van der Waals surface area (Å²) in [7, 11) is 0. The first-order chi connectivity index (χ1) is 16.4. The summed E-state index contributed by atoms with van der Waals surface area (Å²) in [5, 5.41) is 10.5. The van der Waals surface area contributed by atoms with E-state index in [4.69, 9.17) is 0 Å². The highest BCUT2D eigenvalue weighted by Crippen LogP contribution is 2.22. The maximum atomic E-state index is 13.1. The van der Waals surface area contributed by atoms with Crippen LogP contribution in [0.1, 0.15) is 48.8 Å². The van der Waals surface area contributed by atoms with E-state index in [1.165, 1.54) is 0 Å². The third-order valence-corrected chi connectivity index (χ3v) is 5.83. The van der Waals surface area contributed by atoms with Gasteiger partial charge in [0.2, 0.25) is 0 Å². The van der Waals surface area contributed by atoms with Crippen molar-refractivity contribution in [1.29, 1.82) is 0 Å². The number of carbonyl (C=O) groups excluding carboxylic acids is 2. The molecule has 0 aliphatic rings. The van der Waals surface area contributed by atoms with E-state index in [2.05, 4.69) is 32.8 Å². The van der Waals surface area contributed by atoms with E-state index in [0.717, 1.165) is 28.1 Å². The van der Waals surface area contributed by atoms with Crippen molar-refractivity contribution >= 4 is 17.5 Å². The molecule has 0 spiro atoms. The number of nitrogens with one attached hydrogen (secondary N) is 2. The molecule has 2 amide bonds. The van der Waals surface area contributed by atoms with Crippen LogP contribution in [0.25, 0.3) is 0 Å². The molecule has 0 radical (unpaired) electrons. The molecule has 34 heavy (non-hydrogen) atoms. The lowest BCUT2D eigenvalue weighted by Gasteiger charge is -2.14. The van der Waals surface area contributed by atoms with E-state index >= 15 is 0 Å². The fourth-order valence-electron chi connectivity index (χ4n) is 3.88. The van der Waals surface area contributed by atoms with Crippen LogP contribution in [0.4, 0.5) is 5.69 Å². The lowest BCUT2D eigenvalue weighted by atomic mass is 10.1. The van der Waals surface area contributed by atoms with Gasteiger partial charge in [0.15, 0.2) is 0 Å². The zero-order chi connectivity index (χ0) is 24.1. The Morgan fingerprint density at radius 3 is 2.35 bits per heavy atom. The Bertz CT molecular complexity index is 1310. The number of para-hydroxylation sites is 1. The molecule has 2 aromatic heterocycles. The number of hydrogen-bond donors (Lipinski definition) is 2. The van der Waals surface area contributed by atoms with E-state index in [1.54, 1.807) is 36.7 Å². The third-order valence-electron chi connectivity index (χ3n) is 5.83. The Hall–Kier alpha value is -4.26. The van der Waals surface area contributed by atoms with E-state index in [1.807, 2.05) is 49.7 Å². The molecule has 7 heteroatoms. The highest BCUT2D eigenvalue weighted by atomic mass is 16.2. The minimum atomic E-state index is -0.292. The van der Waals surface area contributed by atoms with Gasteiger partial charge in [0.05, 0.1) is 23.5 Å². The molecule has 2 aromatic carbocycles. The molecule has 4 aromatic rings. The van der Waals surface area contributed by atoms with Crippen molar-refractivity contribution in [2.24, 2.45) is 0 Å². The summed E-state index contributed by atoms with van der Waals surface area (Å²) in [5.41, 5.74) is 6.22. The smallest absolute Gasteiger partial charge is 0.255 e. The van der Waals surface area contributed by atoms with Crippen LogP contribution in [0.5, 0.6) is 0 Å². The summed E-state index contributed by atoms with van der Waals surface area (Å²) >= 11 is 0. The largest absolute Gasteiger partial charge is 0.348 e. The van der Waals surface area contributed by atoms with Gasteiger partial charge in [-0.05, 0) is 50.1 Å². The van der Waals surface area contributed by atoms with Crippen molar-refractivity contribution in [2.75, 3.05) is 5.32 Å². The summed E-state index contributed by atoms with van der Waals surface area (Å²) in [6.07, 6.45) is 3.12. The number of anilines is 1. The minimum absolute atomic E-state index is 0.261. The number of benzene rings is 2. The van der Waals surface area contributed by atoms with Crippen LogP contribution in [0.15, 0.2) is 73.1 Å². The Morgan fingerprint density at radius 1 is 0.882 bits per heavy atom. The number of pyridine rings is 1. The average molecular weight is 454 g/mol. The molecule has 0 saturated heterocycles. The van der Waals surface area contributed by atoms with Crippen LogP contribution in [0.2, 0.25) is 0 Å². The molecule has 7 nitrogen and oxygen atoms in total. The fourth-order valence-corrected chi connectivity index (χ4v) is 3.88. The van der Waals surface area contributed by atoms with Gasteiger partial charge in [-0.15, -0.1) is 0 Å². The van der Waals surface area contributed by atoms with Crippen molar-refractivity contribution in [2.45, 2.75) is 33.9 Å². The van der Waals surface area contributed by atoms with Gasteiger partial charge in [-0.1, -0.05) is 42.5 Å². The van der Waals surface area contributed by atoms with E-state index in [-0.39, 0.29) is 11.8 Å². The SMILES string of the molecule is Cc1cccc(C(=O)NCc2c(C)nn(Cc3ccccc3)c2C)c1NC(=O)c1ccncc1. The predicted molar refractivity (Wildman–Crippen MR) is 132 cm³/mol. The van der Waals surface area contributed by atoms with Gasteiger partial charge in [0.25, 0.3) is 11.8 Å². The van der Waals surface area contributed by atoms with Gasteiger partial charge in [-0.3, -0.25) is 19.3 Å². The van der Waals surface area contributed by atoms with E-state index < -0.39 is 0 Å². The van der Waals surface area contributed by atoms with E-state index in [0.29, 0.717) is 29.9 Å². The normalized spacial score (nSPS) is 10.7. The Balaban J connectivity index is 1.50. The molecule has 172 valence electrons. The van der Waals surface area contributed by atoms with Crippen molar-refractivity contribution in [1.82, 2.24) is 20.1 Å². The van der Waals surface area contributed by atoms with Crippen LogP contribution < -0.4 is 10.6 Å². The molecule has 0 fully saturated rings. The molecular weight excluding hydrogens is 426 g/mol. The lowest BCUT2D eigenvalue weighted by molar-refractivity contribution is 0.0951. The first kappa shape index (κ1) is 22.9. The van der Waals surface area contributed by atoms with Crippen molar-refractivity contribution < 1.29 is 9.59 Å². The van der Waals surface area contributed by atoms with Gasteiger partial charge in [-0.25, -0.2) is 0 Å². The molecule has 0 aliphatic heterocycles. The van der Waals surface area contributed by atoms with Crippen LogP contribution in [0.3, 0.4) is 0 Å². The standard InChI is InChI=1S/C27H27N5O2/c1-18-8-7-11-23(25(18)30-26(33)22-12-14-28-15-13-22)27(34)29-16-24-19(2)31-32(20(24)3)17-21-9-5-4-6-10-21/h4-15H,16-17H2,1-3H3,(H,29,34)(H,30,33). The summed E-state index contributed by atoms with van der Waals surface area (Å²) in [5.74, 6) is -0.553. The zero-order valence-electron chi connectivity index (χ0n) is 19.5. The third kappa shape index (κ3) is 5.04. The number of aryl methyl sites for hydroxylation is 2. The van der Waals surface area contributed by atoms with Crippen LogP contribution in [-0.4, -0.2) is 26.6 Å². The van der Waals surface area contributed by atoms with E-state index in [9.17, 15) is 9.59 Å². The summed E-state index contributed by atoms with van der Waals surface area (Å²) < 4.78 is 1.96. The Kier molecular flexibility index (Phi) is 6.82. The fraction of sp³-hybridized carbons (Fsp3) is 0.185. The molecule has 0 aliphatic carbocycles. The monoisotopic (exact) mass is 453 g/mol. The summed E-state index contributed by atoms with van der Waals surface area (Å²) in [6.45, 7) is 6.84. The Morgan fingerprint density at radius 2 is 1.62 bits per heavy atom. The highest BCUT2D eigenvalue weighted by Gasteiger charge is 2.18. The number of carbonyl (C=O) groups is 2. The second kappa shape index (κ2) is 10.1. The van der Waals surface area contributed by atoms with Crippen LogP contribution in [-0.2, 0) is 13.1 Å². The van der Waals surface area contributed by atoms with Crippen molar-refractivity contribution in [3.05, 3.63) is 112 Å². The number of aromatic nitrogens is 3. The lowest BCUT2D eigenvalue weighted by Crippen LogP contribution is -2.26. The Labute approximate surface area is 198 Å². The average Bonchev–Trinajstić information content (AvgIpc) is 3.11. The van der Waals surface area contributed by atoms with Crippen molar-refractivity contribution in [3.63, 3.8) is 0 Å². The zero-order valence-corrected chi connectivity index (χ0v) is 19.5. The molecule has 0 saturated carbocycles. The quantitative estimate of drug-likeness (QED) is 0.433. The molecule has 0 unspecified atom stereocenters. The molecular formula is C27H27N5O2. The van der Waals surface area contributed by atoms with Gasteiger partial charge in [-0.2, -0.15) is 5.10 Å². The van der Waals surface area contributed by atoms with Gasteiger partial charge < -0.3 is 10.6 Å². The first-order valence-corrected chi connectivity index (χ1v) is 11.1. The first-order valence-electron chi connectivity index (χ1n) is 11.1. The van der Waals surface area contributed by atoms with Gasteiger partial charge in [0, 0.05) is 35.8 Å². The number of amides is 2. The molecule has 0 atom stereocenters. The van der Waals surface area contributed by atoms with Gasteiger partial charge >= 0.3 is 0 Å². The second-order valence-corrected chi connectivity index (χ2v) is 8.16. The number of hydrogen-bond acceptors (Lipinski definition) is 4. The number of rotatable bonds is 7. The number of nitrogens with zero attached hydrogens (tertiary/aromatic N) is 3. The maximum Gasteiger partial charge on any atom is 0.255 e. The minimum Gasteiger partial charge on any atom is -0.348 e. The van der Waals surface area contributed by atoms with Crippen molar-refractivity contribution in [3.8, 4) is 0 Å². The summed E-state index contributed by atoms with van der Waals surface area (Å²) in [4.78, 5) is 29.8. The maximum absolute atomic E-state index is 13.1. The summed E-state index contributed by atoms with van der Waals surface area (Å²) in [6, 6.07) is 18.8. The molecule has 4 rings (SSSR count). The van der Waals surface area contributed by atoms with Crippen LogP contribution >= 0.6 is 0 Å². The molecule has 2 N–H and O–H groups in total. The second-order valence-electron chi connectivity index (χ2n) is 8.16. The van der Waals surface area contributed by atoms with Gasteiger partial charge in [0.1, 0.15) is 0 Å². The topological polar surface area (TPSA) is 88.9 Å². The molecule has 0 bridgehead atoms.